The lowest BCUT2D eigenvalue weighted by atomic mass is 10.0. The third kappa shape index (κ3) is 6.33. The first-order valence-electron chi connectivity index (χ1n) is 4.65. The molecule has 0 bridgehead atoms. The lowest BCUT2D eigenvalue weighted by Gasteiger charge is -2.22. The minimum atomic E-state index is -4.78. The molecule has 0 aromatic heterocycles. The molecule has 6 heteroatoms. The first-order valence-corrected chi connectivity index (χ1v) is 4.65. The first-order chi connectivity index (χ1) is 6.54. The molecule has 2 N–H and O–H groups in total. The summed E-state index contributed by atoms with van der Waals surface area (Å²) in [5.41, 5.74) is 5.24. The van der Waals surface area contributed by atoms with Crippen LogP contribution in [-0.4, -0.2) is 36.1 Å². The Kier molecular flexibility index (Phi) is 4.58. The highest BCUT2D eigenvalue weighted by atomic mass is 19.4. The van der Waals surface area contributed by atoms with Crippen molar-refractivity contribution in [2.75, 3.05) is 13.6 Å². The van der Waals surface area contributed by atoms with Crippen molar-refractivity contribution in [1.82, 2.24) is 4.90 Å². The van der Waals surface area contributed by atoms with Crippen molar-refractivity contribution in [3.8, 4) is 0 Å². The smallest absolute Gasteiger partial charge is 0.338 e. The van der Waals surface area contributed by atoms with Crippen LogP contribution < -0.4 is 5.73 Å². The van der Waals surface area contributed by atoms with Crippen LogP contribution in [0, 0.1) is 0 Å². The SMILES string of the molecule is CN(CCCC(C)(C)N)C(=O)C(F)(F)F. The second-order valence-electron chi connectivity index (χ2n) is 4.32. The van der Waals surface area contributed by atoms with Gasteiger partial charge in [0.05, 0.1) is 0 Å². The molecule has 3 nitrogen and oxygen atoms in total. The molecule has 0 aliphatic rings. The molecule has 0 saturated carbocycles. The summed E-state index contributed by atoms with van der Waals surface area (Å²) in [6.07, 6.45) is -3.75. The largest absolute Gasteiger partial charge is 0.471 e. The fraction of sp³-hybridized carbons (Fsp3) is 0.889. The van der Waals surface area contributed by atoms with Gasteiger partial charge in [0.15, 0.2) is 0 Å². The zero-order valence-electron chi connectivity index (χ0n) is 9.19. The number of carbonyl (C=O) groups is 1. The second kappa shape index (κ2) is 4.83. The average molecular weight is 226 g/mol. The summed E-state index contributed by atoms with van der Waals surface area (Å²) in [7, 11) is 1.14. The van der Waals surface area contributed by atoms with Gasteiger partial charge >= 0.3 is 12.1 Å². The van der Waals surface area contributed by atoms with E-state index in [2.05, 4.69) is 0 Å². The fourth-order valence-corrected chi connectivity index (χ4v) is 1.09. The number of hydrogen-bond acceptors (Lipinski definition) is 2. The van der Waals surface area contributed by atoms with Crippen LogP contribution in [-0.2, 0) is 4.79 Å². The number of nitrogens with zero attached hydrogens (tertiary/aromatic N) is 1. The van der Waals surface area contributed by atoms with E-state index in [1.165, 1.54) is 0 Å². The van der Waals surface area contributed by atoms with E-state index in [9.17, 15) is 18.0 Å². The molecule has 0 atom stereocenters. The van der Waals surface area contributed by atoms with Crippen molar-refractivity contribution in [3.63, 3.8) is 0 Å². The molecule has 0 aliphatic heterocycles. The highest BCUT2D eigenvalue weighted by Gasteiger charge is 2.40. The van der Waals surface area contributed by atoms with Crippen molar-refractivity contribution >= 4 is 5.91 Å². The van der Waals surface area contributed by atoms with Crippen molar-refractivity contribution < 1.29 is 18.0 Å². The maximum Gasteiger partial charge on any atom is 0.471 e. The molecule has 0 unspecified atom stereocenters. The van der Waals surface area contributed by atoms with Gasteiger partial charge < -0.3 is 10.6 Å². The van der Waals surface area contributed by atoms with Gasteiger partial charge in [-0.3, -0.25) is 4.79 Å². The van der Waals surface area contributed by atoms with Crippen molar-refractivity contribution in [1.29, 1.82) is 0 Å². The Labute approximate surface area is 87.4 Å². The zero-order chi connectivity index (χ0) is 12.3. The van der Waals surface area contributed by atoms with E-state index in [-0.39, 0.29) is 6.54 Å². The molecule has 15 heavy (non-hydrogen) atoms. The molecule has 0 aromatic rings. The van der Waals surface area contributed by atoms with Crippen LogP contribution >= 0.6 is 0 Å². The normalized spacial score (nSPS) is 12.7. The molecule has 0 heterocycles. The van der Waals surface area contributed by atoms with E-state index in [1.54, 1.807) is 13.8 Å². The molecule has 0 aliphatic carbocycles. The third-order valence-corrected chi connectivity index (χ3v) is 1.90. The van der Waals surface area contributed by atoms with Crippen LogP contribution in [0.1, 0.15) is 26.7 Å². The number of amides is 1. The van der Waals surface area contributed by atoms with Gasteiger partial charge in [-0.1, -0.05) is 0 Å². The number of nitrogens with two attached hydrogens (primary N) is 1. The second-order valence-corrected chi connectivity index (χ2v) is 4.32. The van der Waals surface area contributed by atoms with Crippen LogP contribution in [0.25, 0.3) is 0 Å². The summed E-state index contributed by atoms with van der Waals surface area (Å²) >= 11 is 0. The zero-order valence-corrected chi connectivity index (χ0v) is 9.19. The Morgan fingerprint density at radius 3 is 2.13 bits per heavy atom. The summed E-state index contributed by atoms with van der Waals surface area (Å²) in [5, 5.41) is 0. The van der Waals surface area contributed by atoms with Crippen LogP contribution in [0.3, 0.4) is 0 Å². The van der Waals surface area contributed by atoms with E-state index < -0.39 is 17.6 Å². The number of alkyl halides is 3. The quantitative estimate of drug-likeness (QED) is 0.790. The number of halogens is 3. The molecule has 0 spiro atoms. The molecule has 0 fully saturated rings. The Hall–Kier alpha value is -0.780. The lowest BCUT2D eigenvalue weighted by molar-refractivity contribution is -0.184. The molecule has 1 amide bonds. The van der Waals surface area contributed by atoms with E-state index in [0.29, 0.717) is 17.7 Å². The number of rotatable bonds is 4. The van der Waals surface area contributed by atoms with Gasteiger partial charge in [-0.05, 0) is 26.7 Å². The van der Waals surface area contributed by atoms with Crippen LogP contribution in [0.15, 0.2) is 0 Å². The Bertz CT molecular complexity index is 220. The minimum absolute atomic E-state index is 0.0684. The minimum Gasteiger partial charge on any atom is -0.338 e. The first kappa shape index (κ1) is 14.2. The maximum atomic E-state index is 11.9. The van der Waals surface area contributed by atoms with Crippen LogP contribution in [0.4, 0.5) is 13.2 Å². The van der Waals surface area contributed by atoms with Gasteiger partial charge in [0, 0.05) is 19.1 Å². The fourth-order valence-electron chi connectivity index (χ4n) is 1.09. The number of hydrogen-bond donors (Lipinski definition) is 1. The van der Waals surface area contributed by atoms with Gasteiger partial charge in [-0.15, -0.1) is 0 Å². The predicted octanol–water partition coefficient (Wildman–Crippen LogP) is 1.52. The van der Waals surface area contributed by atoms with Gasteiger partial charge in [0.25, 0.3) is 0 Å². The monoisotopic (exact) mass is 226 g/mol. The number of carbonyl (C=O) groups excluding carboxylic acids is 1. The molecular weight excluding hydrogens is 209 g/mol. The highest BCUT2D eigenvalue weighted by molar-refractivity contribution is 5.81. The van der Waals surface area contributed by atoms with Gasteiger partial charge in [-0.25, -0.2) is 0 Å². The Balaban J connectivity index is 3.96. The molecular formula is C9H17F3N2O. The van der Waals surface area contributed by atoms with Gasteiger partial charge in [0.1, 0.15) is 0 Å². The molecule has 0 radical (unpaired) electrons. The summed E-state index contributed by atoms with van der Waals surface area (Å²) < 4.78 is 35.8. The van der Waals surface area contributed by atoms with Crippen LogP contribution in [0.5, 0.6) is 0 Å². The molecule has 0 rings (SSSR count). The average Bonchev–Trinajstić information content (AvgIpc) is 1.98. The summed E-state index contributed by atoms with van der Waals surface area (Å²) in [6.45, 7) is 3.65. The Morgan fingerprint density at radius 2 is 1.80 bits per heavy atom. The van der Waals surface area contributed by atoms with Gasteiger partial charge in [-0.2, -0.15) is 13.2 Å². The molecule has 0 saturated heterocycles. The molecule has 90 valence electrons. The van der Waals surface area contributed by atoms with Gasteiger partial charge in [0.2, 0.25) is 0 Å². The van der Waals surface area contributed by atoms with E-state index in [1.807, 2.05) is 0 Å². The van der Waals surface area contributed by atoms with Crippen molar-refractivity contribution in [2.24, 2.45) is 5.73 Å². The lowest BCUT2D eigenvalue weighted by Crippen LogP contribution is -2.40. The predicted molar refractivity (Wildman–Crippen MR) is 51.2 cm³/mol. The van der Waals surface area contributed by atoms with E-state index in [0.717, 1.165) is 7.05 Å². The third-order valence-electron chi connectivity index (χ3n) is 1.90. The van der Waals surface area contributed by atoms with Crippen molar-refractivity contribution in [3.05, 3.63) is 0 Å². The summed E-state index contributed by atoms with van der Waals surface area (Å²) in [5.74, 6) is -1.81. The van der Waals surface area contributed by atoms with E-state index in [4.69, 9.17) is 5.73 Å². The standard InChI is InChI=1S/C9H17F3N2O/c1-8(2,13)5-4-6-14(3)7(15)9(10,11)12/h4-6,13H2,1-3H3. The Morgan fingerprint density at radius 1 is 1.33 bits per heavy atom. The highest BCUT2D eigenvalue weighted by Crippen LogP contribution is 2.18. The summed E-state index contributed by atoms with van der Waals surface area (Å²) in [4.78, 5) is 11.4. The maximum absolute atomic E-state index is 11.9. The summed E-state index contributed by atoms with van der Waals surface area (Å²) in [6, 6.07) is 0. The van der Waals surface area contributed by atoms with Crippen molar-refractivity contribution in [2.45, 2.75) is 38.4 Å². The topological polar surface area (TPSA) is 46.3 Å². The molecule has 0 aromatic carbocycles. The van der Waals surface area contributed by atoms with E-state index >= 15 is 0 Å². The van der Waals surface area contributed by atoms with Crippen LogP contribution in [0.2, 0.25) is 0 Å².